The molecule has 0 aliphatic heterocycles. The van der Waals surface area contributed by atoms with Crippen LogP contribution in [0.5, 0.6) is 0 Å². The number of carbonyl (C=O) groups is 1. The Morgan fingerprint density at radius 1 is 0.719 bits per heavy atom. The van der Waals surface area contributed by atoms with Gasteiger partial charge in [0.15, 0.2) is 12.3 Å². The number of carbonyl (C=O) groups excluding carboxylic acids is 1. The summed E-state index contributed by atoms with van der Waals surface area (Å²) < 4.78 is 220. The van der Waals surface area contributed by atoms with E-state index in [2.05, 4.69) is 4.74 Å². The Balaban J connectivity index is 2.70. The van der Waals surface area contributed by atoms with Gasteiger partial charge in [-0.25, -0.2) is 22.4 Å². The van der Waals surface area contributed by atoms with Crippen molar-refractivity contribution in [2.75, 3.05) is 0 Å². The number of fused-ring (bicyclic) bond motifs is 1. The summed E-state index contributed by atoms with van der Waals surface area (Å²) in [5, 5.41) is 9.48. The minimum absolute atomic E-state index is 1.93. The molecule has 4 fully saturated rings. The van der Waals surface area contributed by atoms with Crippen molar-refractivity contribution >= 4 is 5.97 Å². The van der Waals surface area contributed by atoms with E-state index in [1.165, 1.54) is 0 Å². The van der Waals surface area contributed by atoms with Gasteiger partial charge in [-0.2, -0.15) is 48.3 Å². The first-order chi connectivity index (χ1) is 13.9. The lowest BCUT2D eigenvalue weighted by atomic mass is 9.51. The maximum Gasteiger partial charge on any atom is 0.367 e. The van der Waals surface area contributed by atoms with Gasteiger partial charge in [0.25, 0.3) is 16.9 Å². The summed E-state index contributed by atoms with van der Waals surface area (Å²) in [6.07, 6.45) is -11.5. The van der Waals surface area contributed by atoms with Crippen molar-refractivity contribution in [1.82, 2.24) is 0 Å². The molecule has 4 aliphatic rings. The van der Waals surface area contributed by atoms with Crippen LogP contribution in [0.15, 0.2) is 12.4 Å². The van der Waals surface area contributed by atoms with E-state index in [1.54, 1.807) is 0 Å². The van der Waals surface area contributed by atoms with E-state index in [0.29, 0.717) is 0 Å². The lowest BCUT2D eigenvalue weighted by Crippen LogP contribution is -3.00. The smallest absolute Gasteiger partial charge is 0.367 e. The van der Waals surface area contributed by atoms with Gasteiger partial charge in [-0.3, -0.25) is 0 Å². The Morgan fingerprint density at radius 2 is 1.16 bits per heavy atom. The summed E-state index contributed by atoms with van der Waals surface area (Å²) in [7, 11) is 0. The van der Waals surface area contributed by atoms with E-state index in [0.717, 1.165) is 0 Å². The van der Waals surface area contributed by atoms with Gasteiger partial charge in [0.2, 0.25) is 5.83 Å². The number of aliphatic hydroxyl groups is 1. The number of halogens is 15. The fourth-order valence-corrected chi connectivity index (χ4v) is 4.35. The first kappa shape index (κ1) is 24.8. The van der Waals surface area contributed by atoms with E-state index in [9.17, 15) is 75.8 Å². The van der Waals surface area contributed by atoms with Gasteiger partial charge >= 0.3 is 41.3 Å². The molecule has 4 aliphatic carbocycles. The number of hydrogen-bond donors (Lipinski definition) is 1. The zero-order chi connectivity index (χ0) is 25.5. The lowest BCUT2D eigenvalue weighted by Gasteiger charge is -2.65. The van der Waals surface area contributed by atoms with Crippen molar-refractivity contribution in [3.63, 3.8) is 0 Å². The Morgan fingerprint density at radius 3 is 1.56 bits per heavy atom. The quantitative estimate of drug-likeness (QED) is 0.353. The lowest BCUT2D eigenvalue weighted by molar-refractivity contribution is -0.545. The van der Waals surface area contributed by atoms with Gasteiger partial charge in [-0.1, -0.05) is 6.58 Å². The molecule has 0 spiro atoms. The van der Waals surface area contributed by atoms with Crippen LogP contribution in [0, 0.1) is 0 Å². The molecule has 4 bridgehead atoms. The Kier molecular flexibility index (Phi) is 4.20. The number of hydrogen-bond acceptors (Lipinski definition) is 3. The first-order valence-electron chi connectivity index (χ1n) is 7.74. The van der Waals surface area contributed by atoms with E-state index in [4.69, 9.17) is 0 Å². The second-order valence-corrected chi connectivity index (χ2v) is 7.29. The molecule has 3 nitrogen and oxygen atoms in total. The maximum atomic E-state index is 14.9. The molecule has 0 aromatic rings. The minimum Gasteiger partial charge on any atom is -0.437 e. The third-order valence-corrected chi connectivity index (χ3v) is 6.01. The molecule has 0 heterocycles. The summed E-state index contributed by atoms with van der Waals surface area (Å²) in [5.74, 6) is -44.7. The first-order valence-corrected chi connectivity index (χ1v) is 7.74. The fourth-order valence-electron chi connectivity index (χ4n) is 4.35. The van der Waals surface area contributed by atoms with Crippen LogP contribution in [-0.4, -0.2) is 75.6 Å². The molecule has 6 atom stereocenters. The van der Waals surface area contributed by atoms with Crippen LogP contribution in [0.2, 0.25) is 0 Å². The van der Waals surface area contributed by atoms with Crippen molar-refractivity contribution in [2.24, 2.45) is 0 Å². The van der Waals surface area contributed by atoms with Gasteiger partial charge < -0.3 is 9.84 Å². The molecule has 18 heteroatoms. The van der Waals surface area contributed by atoms with Crippen molar-refractivity contribution in [3.05, 3.63) is 12.4 Å². The van der Waals surface area contributed by atoms with Crippen LogP contribution in [0.1, 0.15) is 0 Å². The van der Waals surface area contributed by atoms with Crippen molar-refractivity contribution < 1.29 is 80.5 Å². The Labute approximate surface area is 164 Å². The highest BCUT2D eigenvalue weighted by molar-refractivity contribution is 5.86. The second-order valence-electron chi connectivity index (χ2n) is 7.29. The van der Waals surface area contributed by atoms with Crippen LogP contribution >= 0.6 is 0 Å². The molecular formula is C14H5F15O3. The van der Waals surface area contributed by atoms with Crippen molar-refractivity contribution in [3.8, 4) is 0 Å². The van der Waals surface area contributed by atoms with E-state index >= 15 is 0 Å². The highest BCUT2D eigenvalue weighted by atomic mass is 19.3. The zero-order valence-corrected chi connectivity index (χ0v) is 14.3. The summed E-state index contributed by atoms with van der Waals surface area (Å²) in [6, 6.07) is 0. The molecule has 5 unspecified atom stereocenters. The summed E-state index contributed by atoms with van der Waals surface area (Å²) in [5.41, 5.74) is -29.4. The molecule has 0 radical (unpaired) electrons. The Hall–Kier alpha value is -1.88. The number of rotatable bonds is 2. The van der Waals surface area contributed by atoms with Gasteiger partial charge in [0.05, 0.1) is 0 Å². The molecule has 4 saturated carbocycles. The maximum absolute atomic E-state index is 14.9. The molecule has 0 aromatic heterocycles. The molecular weight excluding hydrogens is 501 g/mol. The van der Waals surface area contributed by atoms with Crippen LogP contribution in [0.4, 0.5) is 65.9 Å². The summed E-state index contributed by atoms with van der Waals surface area (Å²) >= 11 is 0. The molecule has 184 valence electrons. The van der Waals surface area contributed by atoms with Crippen molar-refractivity contribution in [2.45, 2.75) is 64.5 Å². The van der Waals surface area contributed by atoms with Gasteiger partial charge in [-0.05, 0) is 0 Å². The predicted octanol–water partition coefficient (Wildman–Crippen LogP) is 3.79. The predicted molar refractivity (Wildman–Crippen MR) is 66.2 cm³/mol. The van der Waals surface area contributed by atoms with Gasteiger partial charge in [0.1, 0.15) is 0 Å². The van der Waals surface area contributed by atoms with Gasteiger partial charge in [-0.15, -0.1) is 0 Å². The van der Waals surface area contributed by atoms with Crippen LogP contribution < -0.4 is 0 Å². The average Bonchev–Trinajstić information content (AvgIpc) is 2.67. The highest BCUT2D eigenvalue weighted by Crippen LogP contribution is 2.83. The summed E-state index contributed by atoms with van der Waals surface area (Å²) in [4.78, 5) is 11.2. The monoisotopic (exact) mass is 506 g/mol. The standard InChI is InChI=1S/C14H5F15O3/c1-2(15)5(30)32-7-4(17)3(16)6(18)10(20,21)8(19,12(7,24)25)14(28,29)9(31,11(6,22)23)13(7,26)27/h3-4,31H,1H2/t3-,4?,6?,7?,8?,9?/m1/s1. The number of alkyl halides is 14. The normalized spacial score (nSPS) is 48.8. The van der Waals surface area contributed by atoms with E-state index in [1.807, 2.05) is 6.58 Å². The molecule has 0 saturated heterocycles. The molecule has 32 heavy (non-hydrogen) atoms. The molecule has 1 N–H and O–H groups in total. The zero-order valence-electron chi connectivity index (χ0n) is 14.3. The van der Waals surface area contributed by atoms with Gasteiger partial charge in [0, 0.05) is 0 Å². The minimum atomic E-state index is -7.79. The molecule has 0 amide bonds. The fraction of sp³-hybridized carbons (Fsp3) is 0.786. The third-order valence-electron chi connectivity index (χ3n) is 6.01. The van der Waals surface area contributed by atoms with Crippen LogP contribution in [0.3, 0.4) is 0 Å². The summed E-state index contributed by atoms with van der Waals surface area (Å²) in [6.45, 7) is 1.93. The third kappa shape index (κ3) is 1.62. The van der Waals surface area contributed by atoms with E-state index < -0.39 is 76.3 Å². The van der Waals surface area contributed by atoms with E-state index in [-0.39, 0.29) is 0 Å². The highest BCUT2D eigenvalue weighted by Gasteiger charge is 3.17. The second kappa shape index (κ2) is 5.43. The number of esters is 1. The van der Waals surface area contributed by atoms with Crippen LogP contribution in [0.25, 0.3) is 0 Å². The topological polar surface area (TPSA) is 46.5 Å². The molecule has 4 rings (SSSR count). The average molecular weight is 506 g/mol. The largest absolute Gasteiger partial charge is 0.437 e. The molecule has 0 aromatic carbocycles. The van der Waals surface area contributed by atoms with Crippen LogP contribution in [-0.2, 0) is 9.53 Å². The Bertz CT molecular complexity index is 852. The number of ether oxygens (including phenoxy) is 1. The van der Waals surface area contributed by atoms with Crippen molar-refractivity contribution in [1.29, 1.82) is 0 Å². The SMILES string of the molecule is C=C(F)C(=O)OC12C(F)[C@@H](F)C3(F)C(F)(F)C(O)(C1(F)F)C(F)(F)C(F)(C2(F)F)C3(F)F.